The quantitative estimate of drug-likeness (QED) is 0.711. The van der Waals surface area contributed by atoms with Crippen LogP contribution in [0.1, 0.15) is 18.5 Å². The normalized spacial score (nSPS) is 14.4. The van der Waals surface area contributed by atoms with Crippen molar-refractivity contribution in [2.24, 2.45) is 0 Å². The van der Waals surface area contributed by atoms with Crippen molar-refractivity contribution in [3.63, 3.8) is 0 Å². The molecule has 2 rings (SSSR count). The molecule has 1 aromatic heterocycles. The summed E-state index contributed by atoms with van der Waals surface area (Å²) in [5, 5.41) is 11.2. The number of nitrogens with zero attached hydrogens (tertiary/aromatic N) is 2. The zero-order valence-electron chi connectivity index (χ0n) is 7.99. The highest BCUT2D eigenvalue weighted by molar-refractivity contribution is 7.79. The van der Waals surface area contributed by atoms with Gasteiger partial charge in [-0.25, -0.2) is 0 Å². The van der Waals surface area contributed by atoms with Gasteiger partial charge in [0, 0.05) is 6.04 Å². The van der Waals surface area contributed by atoms with E-state index in [2.05, 4.69) is 28.1 Å². The summed E-state index contributed by atoms with van der Waals surface area (Å²) in [7, 11) is 0. The Morgan fingerprint density at radius 3 is 2.46 bits per heavy atom. The molecule has 1 aliphatic carbocycles. The highest BCUT2D eigenvalue weighted by Gasteiger charge is 2.20. The Morgan fingerprint density at radius 1 is 1.31 bits per heavy atom. The van der Waals surface area contributed by atoms with Crippen molar-refractivity contribution in [2.45, 2.75) is 25.8 Å². The van der Waals surface area contributed by atoms with Gasteiger partial charge < -0.3 is 5.32 Å². The maximum Gasteiger partial charge on any atom is 0.148 e. The minimum absolute atomic E-state index is 0.659. The molecule has 0 bridgehead atoms. The van der Waals surface area contributed by atoms with Gasteiger partial charge in [-0.3, -0.25) is 0 Å². The molecule has 1 fully saturated rings. The Hall–Kier alpha value is -0.770. The van der Waals surface area contributed by atoms with Crippen molar-refractivity contribution in [3.8, 4) is 0 Å². The van der Waals surface area contributed by atoms with Crippen LogP contribution in [0.25, 0.3) is 0 Å². The van der Waals surface area contributed by atoms with Crippen LogP contribution < -0.4 is 5.32 Å². The largest absolute Gasteiger partial charge is 0.366 e. The molecule has 1 N–H and O–H groups in total. The first-order valence-corrected chi connectivity index (χ1v) is 5.25. The minimum Gasteiger partial charge on any atom is -0.366 e. The van der Waals surface area contributed by atoms with E-state index in [4.69, 9.17) is 0 Å². The third kappa shape index (κ3) is 3.63. The molecule has 1 heterocycles. The van der Waals surface area contributed by atoms with Crippen LogP contribution in [0.5, 0.6) is 0 Å². The van der Waals surface area contributed by atoms with E-state index in [1.54, 1.807) is 6.26 Å². The second kappa shape index (κ2) is 5.07. The molecular formula is C9H15N3S. The fourth-order valence-corrected chi connectivity index (χ4v) is 0.913. The van der Waals surface area contributed by atoms with Gasteiger partial charge in [0.15, 0.2) is 0 Å². The fraction of sp³-hybridized carbons (Fsp3) is 0.556. The molecule has 0 aliphatic heterocycles. The zero-order chi connectivity index (χ0) is 9.68. The molecule has 0 aromatic carbocycles. The number of hydrogen-bond donors (Lipinski definition) is 2. The molecule has 1 aliphatic rings. The van der Waals surface area contributed by atoms with Gasteiger partial charge in [0.05, 0.1) is 5.69 Å². The molecule has 0 spiro atoms. The first-order chi connectivity index (χ1) is 6.34. The monoisotopic (exact) mass is 197 g/mol. The van der Waals surface area contributed by atoms with Crippen molar-refractivity contribution in [2.75, 3.05) is 11.6 Å². The van der Waals surface area contributed by atoms with E-state index < -0.39 is 0 Å². The number of rotatable bonds is 2. The molecule has 3 nitrogen and oxygen atoms in total. The Balaban J connectivity index is 0.000000396. The van der Waals surface area contributed by atoms with E-state index in [-0.39, 0.29) is 0 Å². The fourth-order valence-electron chi connectivity index (χ4n) is 0.913. The summed E-state index contributed by atoms with van der Waals surface area (Å²) in [5.41, 5.74) is 0.964. The van der Waals surface area contributed by atoms with E-state index in [1.807, 2.05) is 19.1 Å². The molecule has 0 amide bonds. The van der Waals surface area contributed by atoms with Gasteiger partial charge in [0.25, 0.3) is 0 Å². The van der Waals surface area contributed by atoms with Gasteiger partial charge in [-0.1, -0.05) is 0 Å². The minimum atomic E-state index is 0.659. The number of thiol groups is 1. The molecule has 1 saturated carbocycles. The second-order valence-electron chi connectivity index (χ2n) is 2.98. The smallest absolute Gasteiger partial charge is 0.148 e. The maximum atomic E-state index is 4.00. The van der Waals surface area contributed by atoms with Crippen LogP contribution in [-0.4, -0.2) is 22.5 Å². The van der Waals surface area contributed by atoms with Crippen LogP contribution in [-0.2, 0) is 0 Å². The Morgan fingerprint density at radius 2 is 2.00 bits per heavy atom. The standard InChI is InChI=1S/C8H11N3.CH4S/c1-6-2-5-8(11-10-6)9-7-3-4-7;1-2/h2,5,7H,3-4H2,1H3,(H,9,11);2H,1H3. The zero-order valence-corrected chi connectivity index (χ0v) is 8.88. The summed E-state index contributed by atoms with van der Waals surface area (Å²) in [6, 6.07) is 4.60. The lowest BCUT2D eigenvalue weighted by Gasteiger charge is -2.00. The van der Waals surface area contributed by atoms with Crippen molar-refractivity contribution in [1.29, 1.82) is 0 Å². The van der Waals surface area contributed by atoms with Crippen LogP contribution in [0.4, 0.5) is 5.82 Å². The molecule has 0 saturated heterocycles. The van der Waals surface area contributed by atoms with Crippen molar-refractivity contribution >= 4 is 18.4 Å². The van der Waals surface area contributed by atoms with E-state index in [1.165, 1.54) is 12.8 Å². The second-order valence-corrected chi connectivity index (χ2v) is 2.98. The van der Waals surface area contributed by atoms with Gasteiger partial charge in [-0.15, -0.1) is 5.10 Å². The first kappa shape index (κ1) is 10.3. The number of nitrogens with one attached hydrogen (secondary N) is 1. The van der Waals surface area contributed by atoms with Gasteiger partial charge in [0.1, 0.15) is 5.82 Å². The molecule has 0 atom stereocenters. The number of aryl methyl sites for hydroxylation is 1. The Bertz CT molecular complexity index is 244. The van der Waals surface area contributed by atoms with Gasteiger partial charge in [-0.05, 0) is 38.2 Å². The van der Waals surface area contributed by atoms with Crippen LogP contribution in [0, 0.1) is 6.92 Å². The van der Waals surface area contributed by atoms with Crippen LogP contribution in [0.2, 0.25) is 0 Å². The lowest BCUT2D eigenvalue weighted by molar-refractivity contribution is 0.962. The predicted octanol–water partition coefficient (Wildman–Crippen LogP) is 1.91. The third-order valence-electron chi connectivity index (χ3n) is 1.73. The average Bonchev–Trinajstić information content (AvgIpc) is 2.96. The summed E-state index contributed by atoms with van der Waals surface area (Å²) < 4.78 is 0. The highest BCUT2D eigenvalue weighted by atomic mass is 32.1. The van der Waals surface area contributed by atoms with Crippen molar-refractivity contribution in [3.05, 3.63) is 17.8 Å². The lowest BCUT2D eigenvalue weighted by atomic mass is 10.4. The Kier molecular flexibility index (Phi) is 4.02. The molecule has 0 radical (unpaired) electrons. The van der Waals surface area contributed by atoms with Gasteiger partial charge in [-0.2, -0.15) is 17.7 Å². The molecule has 4 heteroatoms. The number of hydrogen-bond acceptors (Lipinski definition) is 4. The SMILES string of the molecule is CS.Cc1ccc(NC2CC2)nn1. The van der Waals surface area contributed by atoms with E-state index in [0.717, 1.165) is 11.5 Å². The summed E-state index contributed by atoms with van der Waals surface area (Å²) in [6.45, 7) is 1.94. The van der Waals surface area contributed by atoms with Crippen LogP contribution in [0.3, 0.4) is 0 Å². The number of aromatic nitrogens is 2. The topological polar surface area (TPSA) is 37.8 Å². The predicted molar refractivity (Wildman–Crippen MR) is 58.3 cm³/mol. The summed E-state index contributed by atoms with van der Waals surface area (Å²) in [4.78, 5) is 0. The maximum absolute atomic E-state index is 4.00. The first-order valence-electron chi connectivity index (χ1n) is 4.36. The van der Waals surface area contributed by atoms with E-state index in [0.29, 0.717) is 6.04 Å². The summed E-state index contributed by atoms with van der Waals surface area (Å²) in [6.07, 6.45) is 4.24. The highest BCUT2D eigenvalue weighted by Crippen LogP contribution is 2.22. The summed E-state index contributed by atoms with van der Waals surface area (Å²) >= 11 is 3.53. The van der Waals surface area contributed by atoms with E-state index in [9.17, 15) is 0 Å². The third-order valence-corrected chi connectivity index (χ3v) is 1.73. The molecular weight excluding hydrogens is 182 g/mol. The lowest BCUT2D eigenvalue weighted by Crippen LogP contribution is -2.03. The van der Waals surface area contributed by atoms with Crippen LogP contribution >= 0.6 is 12.6 Å². The van der Waals surface area contributed by atoms with Crippen LogP contribution in [0.15, 0.2) is 12.1 Å². The van der Waals surface area contributed by atoms with E-state index >= 15 is 0 Å². The van der Waals surface area contributed by atoms with Crippen molar-refractivity contribution < 1.29 is 0 Å². The number of anilines is 1. The average molecular weight is 197 g/mol. The molecule has 13 heavy (non-hydrogen) atoms. The van der Waals surface area contributed by atoms with Crippen molar-refractivity contribution in [1.82, 2.24) is 10.2 Å². The van der Waals surface area contributed by atoms with Gasteiger partial charge in [0.2, 0.25) is 0 Å². The Labute approximate surface area is 84.4 Å². The summed E-state index contributed by atoms with van der Waals surface area (Å²) in [5.74, 6) is 0.901. The van der Waals surface area contributed by atoms with Gasteiger partial charge >= 0.3 is 0 Å². The molecule has 72 valence electrons. The molecule has 0 unspecified atom stereocenters. The molecule has 1 aromatic rings.